The van der Waals surface area contributed by atoms with Crippen molar-refractivity contribution in [3.05, 3.63) is 27.7 Å². The van der Waals surface area contributed by atoms with Crippen LogP contribution in [0.25, 0.3) is 6.08 Å². The van der Waals surface area contributed by atoms with E-state index < -0.39 is 5.97 Å². The molecule has 0 fully saturated rings. The molecule has 6 heteroatoms. The van der Waals surface area contributed by atoms with Crippen LogP contribution in [0.5, 0.6) is 0 Å². The first-order valence-corrected chi connectivity index (χ1v) is 5.87. The number of amides is 1. The molecule has 1 rings (SSSR count). The first-order valence-electron chi connectivity index (χ1n) is 4.79. The number of hydrogen-bond acceptors (Lipinski definition) is 4. The third kappa shape index (κ3) is 5.03. The van der Waals surface area contributed by atoms with Crippen LogP contribution in [0.3, 0.4) is 0 Å². The molecule has 5 nitrogen and oxygen atoms in total. The maximum absolute atomic E-state index is 11.2. The fourth-order valence-corrected chi connectivity index (χ4v) is 1.31. The number of likely N-dealkylation sites (N-methyl/N-ethyl adjacent to an activating group) is 1. The first-order chi connectivity index (χ1) is 7.99. The van der Waals surface area contributed by atoms with Gasteiger partial charge in [0.25, 0.3) is 5.91 Å². The molecule has 0 bridgehead atoms. The average molecular weight is 349 g/mol. The first kappa shape index (κ1) is 13.8. The maximum Gasteiger partial charge on any atom is 0.331 e. The predicted octanol–water partition coefficient (Wildman–Crippen LogP) is 1.53. The van der Waals surface area contributed by atoms with Gasteiger partial charge in [0, 0.05) is 20.2 Å². The summed E-state index contributed by atoms with van der Waals surface area (Å²) in [6.45, 7) is -0.258. The Kier molecular flexibility index (Phi) is 5.20. The Morgan fingerprint density at radius 1 is 1.47 bits per heavy atom. The SMILES string of the molecule is CN(C)C(=O)COC(=O)C=Cc1ccc(I)o1. The van der Waals surface area contributed by atoms with Gasteiger partial charge in [0.1, 0.15) is 5.76 Å². The fraction of sp³-hybridized carbons (Fsp3) is 0.273. The fourth-order valence-electron chi connectivity index (χ4n) is 0.878. The van der Waals surface area contributed by atoms with Crippen LogP contribution in [0.1, 0.15) is 5.76 Å². The zero-order valence-corrected chi connectivity index (χ0v) is 11.6. The Labute approximate surface area is 113 Å². The second kappa shape index (κ2) is 6.43. The Balaban J connectivity index is 2.40. The molecule has 0 aliphatic heterocycles. The van der Waals surface area contributed by atoms with E-state index in [0.717, 1.165) is 3.77 Å². The lowest BCUT2D eigenvalue weighted by molar-refractivity contribution is -0.146. The van der Waals surface area contributed by atoms with E-state index in [1.165, 1.54) is 17.1 Å². The highest BCUT2D eigenvalue weighted by Crippen LogP contribution is 2.11. The van der Waals surface area contributed by atoms with Gasteiger partial charge >= 0.3 is 5.97 Å². The van der Waals surface area contributed by atoms with Crippen molar-refractivity contribution in [2.24, 2.45) is 0 Å². The van der Waals surface area contributed by atoms with Gasteiger partial charge in [-0.1, -0.05) is 0 Å². The molecule has 0 saturated carbocycles. The number of carbonyl (C=O) groups is 2. The molecule has 0 aliphatic carbocycles. The summed E-state index contributed by atoms with van der Waals surface area (Å²) in [7, 11) is 3.19. The summed E-state index contributed by atoms with van der Waals surface area (Å²) in [5, 5.41) is 0. The molecule has 0 aliphatic rings. The summed E-state index contributed by atoms with van der Waals surface area (Å²) in [5.74, 6) is -0.281. The minimum atomic E-state index is -0.577. The van der Waals surface area contributed by atoms with E-state index in [2.05, 4.69) is 0 Å². The van der Waals surface area contributed by atoms with Crippen molar-refractivity contribution in [3.8, 4) is 0 Å². The van der Waals surface area contributed by atoms with Crippen LogP contribution in [0, 0.1) is 3.77 Å². The Bertz CT molecular complexity index is 436. The maximum atomic E-state index is 11.2. The van der Waals surface area contributed by atoms with E-state index in [1.807, 2.05) is 22.6 Å². The van der Waals surface area contributed by atoms with E-state index >= 15 is 0 Å². The molecule has 17 heavy (non-hydrogen) atoms. The van der Waals surface area contributed by atoms with Gasteiger partial charge in [-0.15, -0.1) is 0 Å². The minimum Gasteiger partial charge on any atom is -0.452 e. The van der Waals surface area contributed by atoms with Gasteiger partial charge in [0.15, 0.2) is 10.4 Å². The lowest BCUT2D eigenvalue weighted by atomic mass is 10.4. The monoisotopic (exact) mass is 349 g/mol. The van der Waals surface area contributed by atoms with E-state index in [-0.39, 0.29) is 12.5 Å². The van der Waals surface area contributed by atoms with Crippen molar-refractivity contribution in [2.75, 3.05) is 20.7 Å². The third-order valence-corrected chi connectivity index (χ3v) is 2.39. The predicted molar refractivity (Wildman–Crippen MR) is 70.1 cm³/mol. The molecule has 1 aromatic rings. The van der Waals surface area contributed by atoms with Gasteiger partial charge in [-0.25, -0.2) is 4.79 Å². The van der Waals surface area contributed by atoms with Crippen molar-refractivity contribution in [1.82, 2.24) is 4.90 Å². The van der Waals surface area contributed by atoms with Gasteiger partial charge in [0.05, 0.1) is 0 Å². The van der Waals surface area contributed by atoms with Crippen LogP contribution in [-0.2, 0) is 14.3 Å². The second-order valence-corrected chi connectivity index (χ2v) is 4.43. The number of esters is 1. The molecule has 0 unspecified atom stereocenters. The number of rotatable bonds is 4. The number of halogens is 1. The summed E-state index contributed by atoms with van der Waals surface area (Å²) >= 11 is 2.02. The molecule has 0 atom stereocenters. The topological polar surface area (TPSA) is 59.8 Å². The lowest BCUT2D eigenvalue weighted by Gasteiger charge is -2.09. The number of carbonyl (C=O) groups excluding carboxylic acids is 2. The molecule has 1 aromatic heterocycles. The van der Waals surface area contributed by atoms with Crippen molar-refractivity contribution >= 4 is 40.5 Å². The minimum absolute atomic E-state index is 0.258. The van der Waals surface area contributed by atoms with E-state index in [0.29, 0.717) is 5.76 Å². The molecular formula is C11H12INO4. The van der Waals surface area contributed by atoms with Gasteiger partial charge in [-0.2, -0.15) is 0 Å². The summed E-state index contributed by atoms with van der Waals surface area (Å²) in [6, 6.07) is 3.51. The zero-order chi connectivity index (χ0) is 12.8. The summed E-state index contributed by atoms with van der Waals surface area (Å²) < 4.78 is 10.7. The Hall–Kier alpha value is -1.31. The molecule has 0 spiro atoms. The van der Waals surface area contributed by atoms with Gasteiger partial charge in [-0.3, -0.25) is 4.79 Å². The zero-order valence-electron chi connectivity index (χ0n) is 9.47. The van der Waals surface area contributed by atoms with Crippen LogP contribution >= 0.6 is 22.6 Å². The quantitative estimate of drug-likeness (QED) is 0.470. The van der Waals surface area contributed by atoms with E-state index in [1.54, 1.807) is 26.2 Å². The third-order valence-electron chi connectivity index (χ3n) is 1.81. The molecule has 0 radical (unpaired) electrons. The van der Waals surface area contributed by atoms with Gasteiger partial charge < -0.3 is 14.1 Å². The number of ether oxygens (including phenoxy) is 1. The largest absolute Gasteiger partial charge is 0.452 e. The molecule has 92 valence electrons. The van der Waals surface area contributed by atoms with Crippen LogP contribution in [-0.4, -0.2) is 37.5 Å². The highest BCUT2D eigenvalue weighted by molar-refractivity contribution is 14.1. The number of hydrogen-bond donors (Lipinski definition) is 0. The Morgan fingerprint density at radius 3 is 2.71 bits per heavy atom. The highest BCUT2D eigenvalue weighted by atomic mass is 127. The Morgan fingerprint density at radius 2 is 2.18 bits per heavy atom. The highest BCUT2D eigenvalue weighted by Gasteiger charge is 2.06. The summed E-state index contributed by atoms with van der Waals surface area (Å²) in [4.78, 5) is 23.7. The molecule has 1 heterocycles. The number of furan rings is 1. The molecule has 1 amide bonds. The average Bonchev–Trinajstić information content (AvgIpc) is 2.69. The van der Waals surface area contributed by atoms with Crippen molar-refractivity contribution in [1.29, 1.82) is 0 Å². The van der Waals surface area contributed by atoms with Crippen molar-refractivity contribution in [2.45, 2.75) is 0 Å². The van der Waals surface area contributed by atoms with E-state index in [9.17, 15) is 9.59 Å². The normalized spacial score (nSPS) is 10.5. The molecule has 0 saturated heterocycles. The van der Waals surface area contributed by atoms with Crippen molar-refractivity contribution < 1.29 is 18.7 Å². The molecular weight excluding hydrogens is 337 g/mol. The van der Waals surface area contributed by atoms with Crippen LogP contribution in [0.2, 0.25) is 0 Å². The van der Waals surface area contributed by atoms with Crippen LogP contribution in [0.15, 0.2) is 22.6 Å². The summed E-state index contributed by atoms with van der Waals surface area (Å²) in [6.07, 6.45) is 2.71. The summed E-state index contributed by atoms with van der Waals surface area (Å²) in [5.41, 5.74) is 0. The molecule has 0 aromatic carbocycles. The van der Waals surface area contributed by atoms with Gasteiger partial charge in [-0.05, 0) is 40.8 Å². The van der Waals surface area contributed by atoms with Crippen LogP contribution < -0.4 is 0 Å². The molecule has 0 N–H and O–H groups in total. The standard InChI is InChI=1S/C11H12INO4/c1-13(2)10(14)7-16-11(15)6-4-8-3-5-9(12)17-8/h3-6H,7H2,1-2H3. The smallest absolute Gasteiger partial charge is 0.331 e. The second-order valence-electron chi connectivity index (χ2n) is 3.37. The van der Waals surface area contributed by atoms with Gasteiger partial charge in [0.2, 0.25) is 0 Å². The van der Waals surface area contributed by atoms with E-state index in [4.69, 9.17) is 9.15 Å². The van der Waals surface area contributed by atoms with Crippen molar-refractivity contribution in [3.63, 3.8) is 0 Å². The van der Waals surface area contributed by atoms with Crippen LogP contribution in [0.4, 0.5) is 0 Å². The number of nitrogens with zero attached hydrogens (tertiary/aromatic N) is 1. The lowest BCUT2D eigenvalue weighted by Crippen LogP contribution is -2.27.